The molecule has 104 valence electrons. The number of rotatable bonds is 6. The highest BCUT2D eigenvalue weighted by Crippen LogP contribution is 2.32. The lowest BCUT2D eigenvalue weighted by molar-refractivity contribution is -0.119. The molecule has 1 rings (SSSR count). The van der Waals surface area contributed by atoms with Crippen molar-refractivity contribution in [1.82, 2.24) is 4.90 Å². The third kappa shape index (κ3) is 6.62. The molecule has 0 radical (unpaired) electrons. The number of carbonyl (C=O) groups is 2. The summed E-state index contributed by atoms with van der Waals surface area (Å²) >= 11 is 0. The Labute approximate surface area is 110 Å². The number of hydrogen-bond acceptors (Lipinski definition) is 3. The van der Waals surface area contributed by atoms with E-state index in [2.05, 4.69) is 0 Å². The van der Waals surface area contributed by atoms with Crippen LogP contribution >= 0.6 is 0 Å². The zero-order valence-corrected chi connectivity index (χ0v) is 12.0. The summed E-state index contributed by atoms with van der Waals surface area (Å²) in [5.74, 6) is 0.983. The Bertz CT molecular complexity index is 303. The van der Waals surface area contributed by atoms with Gasteiger partial charge >= 0.3 is 6.09 Å². The quantitative estimate of drug-likeness (QED) is 0.733. The molecule has 0 unspecified atom stereocenters. The third-order valence-corrected chi connectivity index (χ3v) is 2.87. The van der Waals surface area contributed by atoms with Crippen LogP contribution in [0.1, 0.15) is 52.9 Å². The summed E-state index contributed by atoms with van der Waals surface area (Å²) in [5, 5.41) is 0. The van der Waals surface area contributed by atoms with E-state index in [-0.39, 0.29) is 6.09 Å². The molecule has 0 aliphatic heterocycles. The smallest absolute Gasteiger partial charge is 0.410 e. The van der Waals surface area contributed by atoms with Gasteiger partial charge in [-0.1, -0.05) is 0 Å². The number of nitrogens with zero attached hydrogens (tertiary/aromatic N) is 1. The molecule has 1 saturated carbocycles. The first kappa shape index (κ1) is 15.0. The van der Waals surface area contributed by atoms with Gasteiger partial charge in [-0.15, -0.1) is 0 Å². The van der Waals surface area contributed by atoms with Gasteiger partial charge in [0.05, 0.1) is 0 Å². The van der Waals surface area contributed by atoms with Gasteiger partial charge < -0.3 is 9.64 Å². The van der Waals surface area contributed by atoms with Gasteiger partial charge in [-0.05, 0) is 46.0 Å². The van der Waals surface area contributed by atoms with Gasteiger partial charge in [0.1, 0.15) is 11.4 Å². The van der Waals surface area contributed by atoms with Crippen LogP contribution in [0.5, 0.6) is 0 Å². The molecule has 0 aromatic carbocycles. The van der Waals surface area contributed by atoms with Gasteiger partial charge in [-0.3, -0.25) is 4.79 Å². The van der Waals surface area contributed by atoms with Crippen LogP contribution in [0, 0.1) is 5.92 Å². The fourth-order valence-electron chi connectivity index (χ4n) is 1.69. The molecule has 0 aromatic heterocycles. The Kier molecular flexibility index (Phi) is 5.17. The standard InChI is InChI=1S/C14H25NO3/c1-14(2,3)18-13(17)15(4)9-5-6-12(16)10-11-7-8-11/h11H,5-10H2,1-4H3. The molecule has 4 nitrogen and oxygen atoms in total. The minimum atomic E-state index is -0.465. The Balaban J connectivity index is 2.13. The van der Waals surface area contributed by atoms with E-state index in [1.165, 1.54) is 17.7 Å². The number of hydrogen-bond donors (Lipinski definition) is 0. The van der Waals surface area contributed by atoms with E-state index in [4.69, 9.17) is 4.74 Å². The zero-order chi connectivity index (χ0) is 13.8. The summed E-state index contributed by atoms with van der Waals surface area (Å²) in [4.78, 5) is 24.7. The van der Waals surface area contributed by atoms with E-state index in [0.717, 1.165) is 12.8 Å². The second-order valence-corrected chi connectivity index (χ2v) is 6.19. The summed E-state index contributed by atoms with van der Waals surface area (Å²) in [6.45, 7) is 6.11. The fourth-order valence-corrected chi connectivity index (χ4v) is 1.69. The van der Waals surface area contributed by atoms with Crippen molar-refractivity contribution in [1.29, 1.82) is 0 Å². The Morgan fingerprint density at radius 3 is 2.39 bits per heavy atom. The van der Waals surface area contributed by atoms with Gasteiger partial charge in [-0.25, -0.2) is 4.79 Å². The van der Waals surface area contributed by atoms with Crippen molar-refractivity contribution in [3.05, 3.63) is 0 Å². The molecule has 0 bridgehead atoms. The molecule has 1 fully saturated rings. The lowest BCUT2D eigenvalue weighted by atomic mass is 10.1. The predicted octanol–water partition coefficient (Wildman–Crippen LogP) is 3.00. The van der Waals surface area contributed by atoms with E-state index in [1.54, 1.807) is 7.05 Å². The molecule has 0 aromatic rings. The van der Waals surface area contributed by atoms with Gasteiger partial charge in [0.15, 0.2) is 0 Å². The largest absolute Gasteiger partial charge is 0.444 e. The molecule has 0 spiro atoms. The van der Waals surface area contributed by atoms with E-state index >= 15 is 0 Å². The molecule has 0 N–H and O–H groups in total. The zero-order valence-electron chi connectivity index (χ0n) is 12.0. The van der Waals surface area contributed by atoms with Gasteiger partial charge in [0, 0.05) is 26.4 Å². The van der Waals surface area contributed by atoms with Crippen LogP contribution in [0.25, 0.3) is 0 Å². The highest BCUT2D eigenvalue weighted by molar-refractivity contribution is 5.78. The van der Waals surface area contributed by atoms with E-state index in [9.17, 15) is 9.59 Å². The van der Waals surface area contributed by atoms with Crippen molar-refractivity contribution < 1.29 is 14.3 Å². The molecule has 1 aliphatic carbocycles. The first-order valence-electron chi connectivity index (χ1n) is 6.74. The minimum Gasteiger partial charge on any atom is -0.444 e. The van der Waals surface area contributed by atoms with Crippen LogP contribution in [0.15, 0.2) is 0 Å². The SMILES string of the molecule is CN(CCCC(=O)CC1CC1)C(=O)OC(C)(C)C. The fraction of sp³-hybridized carbons (Fsp3) is 0.857. The predicted molar refractivity (Wildman–Crippen MR) is 70.4 cm³/mol. The summed E-state index contributed by atoms with van der Waals surface area (Å²) in [6.07, 6.45) is 4.13. The summed E-state index contributed by atoms with van der Waals surface area (Å²) in [7, 11) is 1.71. The topological polar surface area (TPSA) is 46.6 Å². The molecule has 4 heteroatoms. The van der Waals surface area contributed by atoms with Crippen LogP contribution in [-0.2, 0) is 9.53 Å². The number of carbonyl (C=O) groups excluding carboxylic acids is 2. The molecule has 1 amide bonds. The number of ketones is 1. The van der Waals surface area contributed by atoms with Crippen molar-refractivity contribution >= 4 is 11.9 Å². The second-order valence-electron chi connectivity index (χ2n) is 6.19. The average Bonchev–Trinajstić information content (AvgIpc) is 2.98. The van der Waals surface area contributed by atoms with Crippen molar-refractivity contribution in [3.8, 4) is 0 Å². The van der Waals surface area contributed by atoms with E-state index < -0.39 is 5.60 Å². The van der Waals surface area contributed by atoms with Crippen molar-refractivity contribution in [3.63, 3.8) is 0 Å². The molecule has 18 heavy (non-hydrogen) atoms. The first-order chi connectivity index (χ1) is 8.28. The average molecular weight is 255 g/mol. The lowest BCUT2D eigenvalue weighted by Gasteiger charge is -2.24. The molecule has 0 heterocycles. The van der Waals surface area contributed by atoms with Crippen LogP contribution in [0.4, 0.5) is 4.79 Å². The van der Waals surface area contributed by atoms with Gasteiger partial charge in [0.2, 0.25) is 0 Å². The number of amides is 1. The normalized spacial score (nSPS) is 15.3. The molecular formula is C14H25NO3. The first-order valence-corrected chi connectivity index (χ1v) is 6.74. The van der Waals surface area contributed by atoms with Crippen LogP contribution in [0.3, 0.4) is 0 Å². The Morgan fingerprint density at radius 1 is 1.28 bits per heavy atom. The van der Waals surface area contributed by atoms with Gasteiger partial charge in [-0.2, -0.15) is 0 Å². The van der Waals surface area contributed by atoms with Crippen LogP contribution in [-0.4, -0.2) is 36.0 Å². The van der Waals surface area contributed by atoms with E-state index in [1.807, 2.05) is 20.8 Å². The van der Waals surface area contributed by atoms with Crippen molar-refractivity contribution in [2.45, 2.75) is 58.5 Å². The number of Topliss-reactive ketones (excluding diaryl/α,β-unsaturated/α-hetero) is 1. The number of ether oxygens (including phenoxy) is 1. The molecule has 0 atom stereocenters. The highest BCUT2D eigenvalue weighted by atomic mass is 16.6. The Hall–Kier alpha value is -1.06. The van der Waals surface area contributed by atoms with E-state index in [0.29, 0.717) is 24.7 Å². The summed E-state index contributed by atoms with van der Waals surface area (Å²) in [5.41, 5.74) is -0.465. The monoisotopic (exact) mass is 255 g/mol. The molecular weight excluding hydrogens is 230 g/mol. The highest BCUT2D eigenvalue weighted by Gasteiger charge is 2.24. The van der Waals surface area contributed by atoms with Gasteiger partial charge in [0.25, 0.3) is 0 Å². The lowest BCUT2D eigenvalue weighted by Crippen LogP contribution is -2.34. The molecule has 0 saturated heterocycles. The Morgan fingerprint density at radius 2 is 1.89 bits per heavy atom. The molecule has 1 aliphatic rings. The summed E-state index contributed by atoms with van der Waals surface area (Å²) in [6, 6.07) is 0. The van der Waals surface area contributed by atoms with Crippen molar-refractivity contribution in [2.24, 2.45) is 5.92 Å². The second kappa shape index (κ2) is 6.21. The van der Waals surface area contributed by atoms with Crippen LogP contribution in [0.2, 0.25) is 0 Å². The minimum absolute atomic E-state index is 0.322. The third-order valence-electron chi connectivity index (χ3n) is 2.87. The van der Waals surface area contributed by atoms with Crippen molar-refractivity contribution in [2.75, 3.05) is 13.6 Å². The summed E-state index contributed by atoms with van der Waals surface area (Å²) < 4.78 is 5.23. The maximum absolute atomic E-state index is 11.6. The maximum Gasteiger partial charge on any atom is 0.410 e. The maximum atomic E-state index is 11.6. The van der Waals surface area contributed by atoms with Crippen LogP contribution < -0.4 is 0 Å².